The third-order valence-corrected chi connectivity index (χ3v) is 4.37. The molecular weight excluding hydrogens is 298 g/mol. The molecule has 114 valence electrons. The number of fused-ring (bicyclic) bond motifs is 1. The van der Waals surface area contributed by atoms with Crippen LogP contribution in [0.15, 0.2) is 42.5 Å². The molecule has 4 heteroatoms. The summed E-state index contributed by atoms with van der Waals surface area (Å²) in [5, 5.41) is 0.633. The molecule has 1 aliphatic heterocycles. The Morgan fingerprint density at radius 1 is 1.23 bits per heavy atom. The summed E-state index contributed by atoms with van der Waals surface area (Å²) in [5.41, 5.74) is 2.93. The van der Waals surface area contributed by atoms with E-state index in [2.05, 4.69) is 6.07 Å². The minimum absolute atomic E-state index is 0.0542. The second-order valence-electron chi connectivity index (χ2n) is 5.39. The zero-order valence-electron chi connectivity index (χ0n) is 12.5. The second-order valence-corrected chi connectivity index (χ2v) is 5.79. The number of hydrogen-bond donors (Lipinski definition) is 0. The first kappa shape index (κ1) is 14.9. The van der Waals surface area contributed by atoms with E-state index in [1.807, 2.05) is 41.3 Å². The SMILES string of the molecule is COc1cccc2c1N(C(=O)Cc1ccccc1Cl)CCC2. The average molecular weight is 316 g/mol. The summed E-state index contributed by atoms with van der Waals surface area (Å²) in [6.07, 6.45) is 2.24. The lowest BCUT2D eigenvalue weighted by Gasteiger charge is -2.31. The summed E-state index contributed by atoms with van der Waals surface area (Å²) in [6.45, 7) is 0.719. The van der Waals surface area contributed by atoms with Gasteiger partial charge in [-0.25, -0.2) is 0 Å². The molecular formula is C18H18ClNO2. The van der Waals surface area contributed by atoms with Gasteiger partial charge in [-0.2, -0.15) is 0 Å². The molecule has 1 heterocycles. The van der Waals surface area contributed by atoms with Gasteiger partial charge in [-0.15, -0.1) is 0 Å². The van der Waals surface area contributed by atoms with E-state index >= 15 is 0 Å². The monoisotopic (exact) mass is 315 g/mol. The van der Waals surface area contributed by atoms with Crippen molar-refractivity contribution < 1.29 is 9.53 Å². The number of halogens is 1. The van der Waals surface area contributed by atoms with E-state index in [0.717, 1.165) is 42.0 Å². The van der Waals surface area contributed by atoms with Crippen molar-refractivity contribution in [3.05, 3.63) is 58.6 Å². The topological polar surface area (TPSA) is 29.5 Å². The van der Waals surface area contributed by atoms with Crippen molar-refractivity contribution in [2.45, 2.75) is 19.3 Å². The van der Waals surface area contributed by atoms with Crippen molar-refractivity contribution in [3.8, 4) is 5.75 Å². The molecule has 0 N–H and O–H groups in total. The van der Waals surface area contributed by atoms with Crippen molar-refractivity contribution in [1.82, 2.24) is 0 Å². The van der Waals surface area contributed by atoms with Gasteiger partial charge in [0.05, 0.1) is 19.2 Å². The summed E-state index contributed by atoms with van der Waals surface area (Å²) >= 11 is 6.17. The standard InChI is InChI=1S/C18H18ClNO2/c1-22-16-10-4-7-13-8-5-11-20(18(13)16)17(21)12-14-6-2-3-9-15(14)19/h2-4,6-7,9-10H,5,8,11-12H2,1H3. The van der Waals surface area contributed by atoms with Gasteiger partial charge in [-0.1, -0.05) is 41.9 Å². The number of amides is 1. The minimum Gasteiger partial charge on any atom is -0.495 e. The molecule has 1 amide bonds. The van der Waals surface area contributed by atoms with Gasteiger partial charge < -0.3 is 9.64 Å². The van der Waals surface area contributed by atoms with Crippen molar-refractivity contribution in [2.24, 2.45) is 0 Å². The van der Waals surface area contributed by atoms with Crippen LogP contribution in [0.3, 0.4) is 0 Å². The number of carbonyl (C=O) groups excluding carboxylic acids is 1. The van der Waals surface area contributed by atoms with Crippen LogP contribution < -0.4 is 9.64 Å². The molecule has 0 radical (unpaired) electrons. The molecule has 0 aromatic heterocycles. The maximum atomic E-state index is 12.8. The highest BCUT2D eigenvalue weighted by Gasteiger charge is 2.26. The second kappa shape index (κ2) is 6.41. The van der Waals surface area contributed by atoms with Gasteiger partial charge in [0.15, 0.2) is 0 Å². The molecule has 0 unspecified atom stereocenters. The molecule has 3 rings (SSSR count). The third-order valence-electron chi connectivity index (χ3n) is 4.00. The summed E-state index contributed by atoms with van der Waals surface area (Å²) in [7, 11) is 1.64. The number of ether oxygens (including phenoxy) is 1. The first-order valence-electron chi connectivity index (χ1n) is 7.40. The van der Waals surface area contributed by atoms with Crippen LogP contribution in [-0.4, -0.2) is 19.6 Å². The molecule has 0 fully saturated rings. The number of methoxy groups -OCH3 is 1. The molecule has 2 aromatic rings. The lowest BCUT2D eigenvalue weighted by atomic mass is 10.00. The molecule has 3 nitrogen and oxygen atoms in total. The number of carbonyl (C=O) groups is 1. The van der Waals surface area contributed by atoms with Gasteiger partial charge in [0, 0.05) is 11.6 Å². The van der Waals surface area contributed by atoms with Crippen LogP contribution in [0.5, 0.6) is 5.75 Å². The maximum absolute atomic E-state index is 12.8. The highest BCUT2D eigenvalue weighted by molar-refractivity contribution is 6.31. The van der Waals surface area contributed by atoms with E-state index in [4.69, 9.17) is 16.3 Å². The summed E-state index contributed by atoms with van der Waals surface area (Å²) < 4.78 is 5.45. The van der Waals surface area contributed by atoms with Crippen LogP contribution in [0.25, 0.3) is 0 Å². The Morgan fingerprint density at radius 3 is 2.82 bits per heavy atom. The number of para-hydroxylation sites is 1. The van der Waals surface area contributed by atoms with E-state index in [-0.39, 0.29) is 5.91 Å². The molecule has 0 saturated carbocycles. The van der Waals surface area contributed by atoms with Crippen molar-refractivity contribution in [3.63, 3.8) is 0 Å². The third kappa shape index (κ3) is 2.81. The van der Waals surface area contributed by atoms with Crippen molar-refractivity contribution >= 4 is 23.2 Å². The highest BCUT2D eigenvalue weighted by atomic mass is 35.5. The molecule has 0 bridgehead atoms. The number of nitrogens with zero attached hydrogens (tertiary/aromatic N) is 1. The lowest BCUT2D eigenvalue weighted by molar-refractivity contribution is -0.118. The Bertz CT molecular complexity index is 685. The van der Waals surface area contributed by atoms with Gasteiger partial charge in [0.1, 0.15) is 5.75 Å². The molecule has 0 aliphatic carbocycles. The van der Waals surface area contributed by atoms with Gasteiger partial charge >= 0.3 is 0 Å². The van der Waals surface area contributed by atoms with E-state index in [1.54, 1.807) is 7.11 Å². The zero-order chi connectivity index (χ0) is 15.5. The quantitative estimate of drug-likeness (QED) is 0.860. The first-order chi connectivity index (χ1) is 10.7. The van der Waals surface area contributed by atoms with Crippen LogP contribution in [0.4, 0.5) is 5.69 Å². The number of rotatable bonds is 3. The minimum atomic E-state index is 0.0542. The van der Waals surface area contributed by atoms with Crippen LogP contribution in [0.2, 0.25) is 5.02 Å². The largest absolute Gasteiger partial charge is 0.495 e. The predicted molar refractivity (Wildman–Crippen MR) is 88.8 cm³/mol. The molecule has 0 atom stereocenters. The van der Waals surface area contributed by atoms with Crippen LogP contribution in [-0.2, 0) is 17.6 Å². The zero-order valence-corrected chi connectivity index (χ0v) is 13.3. The van der Waals surface area contributed by atoms with Crippen LogP contribution in [0, 0.1) is 0 Å². The lowest BCUT2D eigenvalue weighted by Crippen LogP contribution is -2.36. The van der Waals surface area contributed by atoms with Gasteiger partial charge in [-0.05, 0) is 36.1 Å². The van der Waals surface area contributed by atoms with E-state index in [9.17, 15) is 4.79 Å². The summed E-state index contributed by atoms with van der Waals surface area (Å²) in [4.78, 5) is 14.6. The number of anilines is 1. The summed E-state index contributed by atoms with van der Waals surface area (Å²) in [6, 6.07) is 13.4. The van der Waals surface area contributed by atoms with Crippen molar-refractivity contribution in [1.29, 1.82) is 0 Å². The fourth-order valence-corrected chi connectivity index (χ4v) is 3.13. The smallest absolute Gasteiger partial charge is 0.231 e. The van der Waals surface area contributed by atoms with E-state index in [1.165, 1.54) is 0 Å². The summed E-state index contributed by atoms with van der Waals surface area (Å²) in [5.74, 6) is 0.809. The molecule has 0 saturated heterocycles. The Hall–Kier alpha value is -2.00. The first-order valence-corrected chi connectivity index (χ1v) is 7.78. The van der Waals surface area contributed by atoms with Gasteiger partial charge in [0.2, 0.25) is 5.91 Å². The number of hydrogen-bond acceptors (Lipinski definition) is 2. The Kier molecular flexibility index (Phi) is 4.34. The molecule has 0 spiro atoms. The average Bonchev–Trinajstić information content (AvgIpc) is 2.55. The van der Waals surface area contributed by atoms with Gasteiger partial charge in [-0.3, -0.25) is 4.79 Å². The Labute approximate surface area is 135 Å². The predicted octanol–water partition coefficient (Wildman–Crippen LogP) is 3.87. The van der Waals surface area contributed by atoms with E-state index < -0.39 is 0 Å². The Balaban J connectivity index is 1.91. The number of benzene rings is 2. The number of aryl methyl sites for hydroxylation is 1. The fourth-order valence-electron chi connectivity index (χ4n) is 2.93. The normalized spacial score (nSPS) is 13.6. The molecule has 22 heavy (non-hydrogen) atoms. The van der Waals surface area contributed by atoms with Gasteiger partial charge in [0.25, 0.3) is 0 Å². The van der Waals surface area contributed by atoms with E-state index in [0.29, 0.717) is 11.4 Å². The van der Waals surface area contributed by atoms with Crippen LogP contribution in [0.1, 0.15) is 17.5 Å². The van der Waals surface area contributed by atoms with Crippen molar-refractivity contribution in [2.75, 3.05) is 18.6 Å². The fraction of sp³-hybridized carbons (Fsp3) is 0.278. The maximum Gasteiger partial charge on any atom is 0.231 e. The molecule has 1 aliphatic rings. The molecule has 2 aromatic carbocycles. The Morgan fingerprint density at radius 2 is 2.05 bits per heavy atom. The highest BCUT2D eigenvalue weighted by Crippen LogP contribution is 2.36. The van der Waals surface area contributed by atoms with Crippen LogP contribution >= 0.6 is 11.6 Å².